The van der Waals surface area contributed by atoms with Crippen molar-refractivity contribution in [1.82, 2.24) is 9.99 Å². The number of nitrogens with one attached hydrogen (secondary N) is 1. The zero-order valence-electron chi connectivity index (χ0n) is 10.2. The minimum absolute atomic E-state index is 0.663. The van der Waals surface area contributed by atoms with E-state index in [0.717, 1.165) is 6.54 Å². The van der Waals surface area contributed by atoms with Gasteiger partial charge in [-0.2, -0.15) is 0 Å². The van der Waals surface area contributed by atoms with E-state index in [1.165, 1.54) is 0 Å². The van der Waals surface area contributed by atoms with Crippen molar-refractivity contribution in [3.8, 4) is 5.75 Å². The van der Waals surface area contributed by atoms with E-state index in [0.29, 0.717) is 12.3 Å². The molecule has 0 saturated heterocycles. The normalized spacial score (nSPS) is 13.2. The van der Waals surface area contributed by atoms with E-state index in [-0.39, 0.29) is 0 Å². The molecule has 1 aromatic carbocycles. The number of benzene rings is 1. The van der Waals surface area contributed by atoms with Gasteiger partial charge in [0.1, 0.15) is 5.75 Å². The first-order valence-corrected chi connectivity index (χ1v) is 6.63. The lowest BCUT2D eigenvalue weighted by molar-refractivity contribution is 0.399. The molecule has 1 atom stereocenters. The van der Waals surface area contributed by atoms with Crippen molar-refractivity contribution in [2.75, 3.05) is 27.2 Å². The van der Waals surface area contributed by atoms with Gasteiger partial charge in [0.25, 0.3) is 0 Å². The second kappa shape index (κ2) is 8.20. The number of hydrogen-bond donors (Lipinski definition) is 2. The largest absolute Gasteiger partial charge is 0.436 e. The molecule has 94 valence electrons. The molecule has 5 heteroatoms. The number of hydrogen-bond acceptors (Lipinski definition) is 4. The standard InChI is InChI=1S/C12H19N2O2P/c1-13-10-6-7-11-14(2)17(15)16-12-8-4-3-5-9-12/h3-9,13,15H,10-11H2,1-2H3/b7-6-. The Morgan fingerprint density at radius 1 is 1.35 bits per heavy atom. The van der Waals surface area contributed by atoms with Crippen molar-refractivity contribution < 1.29 is 9.42 Å². The smallest absolute Gasteiger partial charge is 0.318 e. The molecule has 0 heterocycles. The zero-order valence-corrected chi connectivity index (χ0v) is 11.1. The summed E-state index contributed by atoms with van der Waals surface area (Å²) in [7, 11) is 2.15. The third kappa shape index (κ3) is 5.80. The Hall–Kier alpha value is -0.930. The Morgan fingerprint density at radius 3 is 2.71 bits per heavy atom. The maximum absolute atomic E-state index is 9.85. The van der Waals surface area contributed by atoms with Gasteiger partial charge in [0.15, 0.2) is 0 Å². The molecule has 0 amide bonds. The van der Waals surface area contributed by atoms with Crippen LogP contribution in [0.5, 0.6) is 5.75 Å². The first kappa shape index (κ1) is 14.1. The van der Waals surface area contributed by atoms with Crippen LogP contribution in [0.15, 0.2) is 42.5 Å². The fourth-order valence-electron chi connectivity index (χ4n) is 1.14. The quantitative estimate of drug-likeness (QED) is 0.577. The lowest BCUT2D eigenvalue weighted by Crippen LogP contribution is -2.15. The van der Waals surface area contributed by atoms with Crippen LogP contribution in [0, 0.1) is 0 Å². The van der Waals surface area contributed by atoms with Gasteiger partial charge < -0.3 is 14.7 Å². The predicted octanol–water partition coefficient (Wildman–Crippen LogP) is 1.99. The van der Waals surface area contributed by atoms with Gasteiger partial charge in [-0.25, -0.2) is 4.67 Å². The van der Waals surface area contributed by atoms with Crippen LogP contribution in [0.4, 0.5) is 0 Å². The van der Waals surface area contributed by atoms with Crippen LogP contribution in [0.2, 0.25) is 0 Å². The Labute approximate surface area is 104 Å². The fourth-order valence-corrected chi connectivity index (χ4v) is 1.83. The molecule has 0 spiro atoms. The van der Waals surface area contributed by atoms with E-state index < -0.39 is 8.53 Å². The van der Waals surface area contributed by atoms with Gasteiger partial charge >= 0.3 is 8.53 Å². The van der Waals surface area contributed by atoms with Crippen molar-refractivity contribution in [3.63, 3.8) is 0 Å². The first-order valence-electron chi connectivity index (χ1n) is 5.46. The molecule has 4 nitrogen and oxygen atoms in total. The molecule has 0 aliphatic heterocycles. The Bertz CT molecular complexity index is 333. The molecule has 0 radical (unpaired) electrons. The van der Waals surface area contributed by atoms with Crippen molar-refractivity contribution in [3.05, 3.63) is 42.5 Å². The van der Waals surface area contributed by atoms with Crippen molar-refractivity contribution >= 4 is 8.53 Å². The molecule has 1 aromatic rings. The summed E-state index contributed by atoms with van der Waals surface area (Å²) >= 11 is 0. The van der Waals surface area contributed by atoms with E-state index in [9.17, 15) is 4.89 Å². The molecule has 17 heavy (non-hydrogen) atoms. The minimum atomic E-state index is -1.58. The number of rotatable bonds is 7. The predicted molar refractivity (Wildman–Crippen MR) is 71.9 cm³/mol. The van der Waals surface area contributed by atoms with E-state index in [1.807, 2.05) is 56.6 Å². The molecular weight excluding hydrogens is 235 g/mol. The highest BCUT2D eigenvalue weighted by Crippen LogP contribution is 2.36. The van der Waals surface area contributed by atoms with E-state index in [4.69, 9.17) is 4.52 Å². The fraction of sp³-hybridized carbons (Fsp3) is 0.333. The molecule has 2 N–H and O–H groups in total. The highest BCUT2D eigenvalue weighted by molar-refractivity contribution is 7.43. The van der Waals surface area contributed by atoms with Gasteiger partial charge in [-0.3, -0.25) is 0 Å². The molecule has 0 aromatic heterocycles. The summed E-state index contributed by atoms with van der Waals surface area (Å²) in [4.78, 5) is 9.85. The van der Waals surface area contributed by atoms with Gasteiger partial charge in [-0.15, -0.1) is 0 Å². The number of likely N-dealkylation sites (N-methyl/N-ethyl adjacent to an activating group) is 2. The average molecular weight is 254 g/mol. The van der Waals surface area contributed by atoms with Gasteiger partial charge in [0.2, 0.25) is 0 Å². The third-order valence-electron chi connectivity index (χ3n) is 2.08. The summed E-state index contributed by atoms with van der Waals surface area (Å²) in [5, 5.41) is 3.02. The van der Waals surface area contributed by atoms with Crippen LogP contribution >= 0.6 is 8.53 Å². The molecule has 0 aliphatic carbocycles. The Morgan fingerprint density at radius 2 is 2.06 bits per heavy atom. The first-order chi connectivity index (χ1) is 8.24. The third-order valence-corrected chi connectivity index (χ3v) is 3.20. The molecule has 1 rings (SSSR count). The number of para-hydroxylation sites is 1. The molecule has 0 fully saturated rings. The van der Waals surface area contributed by atoms with Crippen LogP contribution in [0.1, 0.15) is 0 Å². The summed E-state index contributed by atoms with van der Waals surface area (Å²) in [6, 6.07) is 9.33. The maximum Gasteiger partial charge on any atom is 0.318 e. The van der Waals surface area contributed by atoms with E-state index in [1.54, 1.807) is 4.67 Å². The molecule has 0 aliphatic rings. The second-order valence-electron chi connectivity index (χ2n) is 3.53. The Balaban J connectivity index is 2.34. The van der Waals surface area contributed by atoms with Crippen LogP contribution in [0.3, 0.4) is 0 Å². The topological polar surface area (TPSA) is 44.7 Å². The van der Waals surface area contributed by atoms with Crippen molar-refractivity contribution in [2.24, 2.45) is 0 Å². The van der Waals surface area contributed by atoms with Gasteiger partial charge in [-0.05, 0) is 26.2 Å². The maximum atomic E-state index is 9.85. The van der Waals surface area contributed by atoms with Crippen LogP contribution in [0.25, 0.3) is 0 Å². The minimum Gasteiger partial charge on any atom is -0.436 e. The average Bonchev–Trinajstić information content (AvgIpc) is 2.35. The highest BCUT2D eigenvalue weighted by atomic mass is 31.2. The molecular formula is C12H19N2O2P. The van der Waals surface area contributed by atoms with Crippen molar-refractivity contribution in [1.29, 1.82) is 0 Å². The van der Waals surface area contributed by atoms with Gasteiger partial charge in [-0.1, -0.05) is 30.4 Å². The highest BCUT2D eigenvalue weighted by Gasteiger charge is 2.12. The van der Waals surface area contributed by atoms with Crippen molar-refractivity contribution in [2.45, 2.75) is 0 Å². The summed E-state index contributed by atoms with van der Waals surface area (Å²) in [5.41, 5.74) is 0. The molecule has 0 saturated carbocycles. The second-order valence-corrected chi connectivity index (χ2v) is 4.90. The molecule has 1 unspecified atom stereocenters. The summed E-state index contributed by atoms with van der Waals surface area (Å²) < 4.78 is 7.20. The van der Waals surface area contributed by atoms with Crippen LogP contribution in [-0.2, 0) is 0 Å². The van der Waals surface area contributed by atoms with Gasteiger partial charge in [0.05, 0.1) is 0 Å². The monoisotopic (exact) mass is 254 g/mol. The summed E-state index contributed by atoms with van der Waals surface area (Å²) in [5.74, 6) is 0.687. The van der Waals surface area contributed by atoms with Crippen LogP contribution in [-0.4, -0.2) is 36.7 Å². The summed E-state index contributed by atoms with van der Waals surface area (Å²) in [6.07, 6.45) is 4.01. The lowest BCUT2D eigenvalue weighted by atomic mass is 10.3. The zero-order chi connectivity index (χ0) is 12.5. The van der Waals surface area contributed by atoms with Crippen LogP contribution < -0.4 is 9.84 Å². The Kier molecular flexibility index (Phi) is 6.82. The molecule has 0 bridgehead atoms. The lowest BCUT2D eigenvalue weighted by Gasteiger charge is -2.20. The van der Waals surface area contributed by atoms with Gasteiger partial charge in [0, 0.05) is 13.1 Å². The van der Waals surface area contributed by atoms with E-state index >= 15 is 0 Å². The van der Waals surface area contributed by atoms with E-state index in [2.05, 4.69) is 5.32 Å². The number of nitrogens with zero attached hydrogens (tertiary/aromatic N) is 1. The summed E-state index contributed by atoms with van der Waals surface area (Å²) in [6.45, 7) is 1.49. The SMILES string of the molecule is CNC/C=C\CN(C)P(O)Oc1ccccc1.